The molecule has 0 amide bonds. The number of benzene rings is 1. The van der Waals surface area contributed by atoms with Gasteiger partial charge in [-0.15, -0.1) is 6.58 Å². The van der Waals surface area contributed by atoms with Crippen molar-refractivity contribution in [3.05, 3.63) is 65.5 Å². The van der Waals surface area contributed by atoms with Gasteiger partial charge in [0.2, 0.25) is 0 Å². The first kappa shape index (κ1) is 21.2. The van der Waals surface area contributed by atoms with Crippen molar-refractivity contribution >= 4 is 0 Å². The van der Waals surface area contributed by atoms with Gasteiger partial charge >= 0.3 is 0 Å². The van der Waals surface area contributed by atoms with E-state index in [1.54, 1.807) is 6.92 Å². The van der Waals surface area contributed by atoms with Crippen LogP contribution in [0.25, 0.3) is 0 Å². The zero-order valence-electron chi connectivity index (χ0n) is 16.3. The van der Waals surface area contributed by atoms with Gasteiger partial charge in [-0.3, -0.25) is 0 Å². The molecule has 0 N–H and O–H groups in total. The Morgan fingerprint density at radius 3 is 2.44 bits per heavy atom. The van der Waals surface area contributed by atoms with Gasteiger partial charge in [-0.2, -0.15) is 0 Å². The number of hydrogen-bond donors (Lipinski definition) is 0. The Bertz CT molecular complexity index is 684. The average Bonchev–Trinajstić information content (AvgIpc) is 2.73. The van der Waals surface area contributed by atoms with E-state index in [0.29, 0.717) is 24.7 Å². The van der Waals surface area contributed by atoms with Gasteiger partial charge in [0.25, 0.3) is 0 Å². The van der Waals surface area contributed by atoms with E-state index in [1.807, 2.05) is 30.3 Å². The minimum absolute atomic E-state index is 0.0208. The lowest BCUT2D eigenvalue weighted by atomic mass is 9.95. The number of rotatable bonds is 8. The second kappa shape index (κ2) is 10.3. The predicted octanol–water partition coefficient (Wildman–Crippen LogP) is 6.20. The summed E-state index contributed by atoms with van der Waals surface area (Å²) in [6, 6.07) is 7.57. The zero-order chi connectivity index (χ0) is 19.8. The van der Waals surface area contributed by atoms with Gasteiger partial charge < -0.3 is 14.2 Å². The topological polar surface area (TPSA) is 27.7 Å². The summed E-state index contributed by atoms with van der Waals surface area (Å²) in [5.41, 5.74) is 1.34. The van der Waals surface area contributed by atoms with E-state index in [2.05, 4.69) is 6.58 Å². The minimum atomic E-state index is -0.986. The Labute approximate surface area is 160 Å². The maximum atomic E-state index is 14.2. The van der Waals surface area contributed by atoms with Crippen molar-refractivity contribution in [1.29, 1.82) is 0 Å². The molecule has 5 heteroatoms. The fourth-order valence-electron chi connectivity index (χ4n) is 2.89. The van der Waals surface area contributed by atoms with Crippen LogP contribution >= 0.6 is 0 Å². The highest BCUT2D eigenvalue weighted by atomic mass is 19.2. The van der Waals surface area contributed by atoms with E-state index in [-0.39, 0.29) is 24.0 Å². The summed E-state index contributed by atoms with van der Waals surface area (Å²) in [6.45, 7) is 7.62. The van der Waals surface area contributed by atoms with Crippen LogP contribution in [0.5, 0.6) is 5.75 Å². The average molecular weight is 378 g/mol. The van der Waals surface area contributed by atoms with E-state index in [4.69, 9.17) is 14.2 Å². The third-order valence-electron chi connectivity index (χ3n) is 4.85. The Morgan fingerprint density at radius 2 is 1.93 bits per heavy atom. The van der Waals surface area contributed by atoms with Crippen molar-refractivity contribution < 1.29 is 23.0 Å². The monoisotopic (exact) mass is 378 g/mol. The van der Waals surface area contributed by atoms with Gasteiger partial charge in [0, 0.05) is 11.5 Å². The van der Waals surface area contributed by atoms with E-state index >= 15 is 0 Å². The molecule has 1 saturated heterocycles. The molecular weight excluding hydrogens is 350 g/mol. The summed E-state index contributed by atoms with van der Waals surface area (Å²) in [5, 5.41) is 0. The predicted molar refractivity (Wildman–Crippen MR) is 103 cm³/mol. The second-order valence-electron chi connectivity index (χ2n) is 6.60. The van der Waals surface area contributed by atoms with E-state index in [9.17, 15) is 8.78 Å². The molecule has 1 heterocycles. The van der Waals surface area contributed by atoms with Crippen molar-refractivity contribution in [1.82, 2.24) is 0 Å². The summed E-state index contributed by atoms with van der Waals surface area (Å²) in [5.74, 6) is -0.963. The number of halogens is 2. The molecule has 1 fully saturated rings. The normalized spacial score (nSPS) is 21.8. The lowest BCUT2D eigenvalue weighted by molar-refractivity contribution is -0.00516. The quantitative estimate of drug-likeness (QED) is 0.306. The summed E-state index contributed by atoms with van der Waals surface area (Å²) >= 11 is 0. The third-order valence-corrected chi connectivity index (χ3v) is 4.85. The number of allylic oxidation sites excluding steroid dienone is 3. The Hall–Kier alpha value is -2.14. The van der Waals surface area contributed by atoms with Crippen LogP contribution < -0.4 is 4.74 Å². The van der Waals surface area contributed by atoms with Crippen molar-refractivity contribution in [2.45, 2.75) is 39.2 Å². The van der Waals surface area contributed by atoms with Crippen LogP contribution in [0.1, 0.15) is 44.8 Å². The maximum Gasteiger partial charge on any atom is 0.196 e. The Morgan fingerprint density at radius 1 is 1.22 bits per heavy atom. The SMILES string of the molecule is C=CC1CCC(c2ccc(OC/C(CC)=C(F)/C(F)=C(\C)OC)cc2)OC1. The first-order valence-electron chi connectivity index (χ1n) is 9.25. The molecule has 2 rings (SSSR count). The summed E-state index contributed by atoms with van der Waals surface area (Å²) in [7, 11) is 1.31. The highest BCUT2D eigenvalue weighted by Crippen LogP contribution is 2.32. The fourth-order valence-corrected chi connectivity index (χ4v) is 2.89. The number of hydrogen-bond acceptors (Lipinski definition) is 3. The van der Waals surface area contributed by atoms with Crippen LogP contribution in [-0.2, 0) is 9.47 Å². The molecule has 0 spiro atoms. The first-order chi connectivity index (χ1) is 13.0. The van der Waals surface area contributed by atoms with Crippen LogP contribution in [0.2, 0.25) is 0 Å². The highest BCUT2D eigenvalue weighted by Gasteiger charge is 2.21. The molecule has 2 unspecified atom stereocenters. The maximum absolute atomic E-state index is 14.2. The van der Waals surface area contributed by atoms with Gasteiger partial charge in [-0.1, -0.05) is 25.1 Å². The van der Waals surface area contributed by atoms with E-state index < -0.39 is 11.7 Å². The Balaban J connectivity index is 1.99. The molecule has 0 saturated carbocycles. The highest BCUT2D eigenvalue weighted by molar-refractivity contribution is 5.31. The van der Waals surface area contributed by atoms with Crippen molar-refractivity contribution in [2.75, 3.05) is 20.3 Å². The molecule has 27 heavy (non-hydrogen) atoms. The van der Waals surface area contributed by atoms with Crippen molar-refractivity contribution in [3.63, 3.8) is 0 Å². The molecule has 1 aliphatic rings. The molecule has 1 aromatic carbocycles. The standard InChI is InChI=1S/C22H28F2O3/c1-5-16-7-12-20(27-13-16)18-8-10-19(11-9-18)26-14-17(6-2)22(24)21(23)15(3)25-4/h5,8-11,16,20H,1,6-7,12-14H2,2-4H3/b21-15-,22-17-. The van der Waals surface area contributed by atoms with Crippen LogP contribution in [-0.4, -0.2) is 20.3 Å². The molecule has 0 bridgehead atoms. The molecule has 2 atom stereocenters. The molecule has 1 aromatic rings. The first-order valence-corrected chi connectivity index (χ1v) is 9.25. The second-order valence-corrected chi connectivity index (χ2v) is 6.60. The molecule has 3 nitrogen and oxygen atoms in total. The van der Waals surface area contributed by atoms with E-state index in [1.165, 1.54) is 14.0 Å². The molecule has 0 aliphatic carbocycles. The van der Waals surface area contributed by atoms with Gasteiger partial charge in [0.1, 0.15) is 18.1 Å². The van der Waals surface area contributed by atoms with Gasteiger partial charge in [0.05, 0.1) is 19.8 Å². The molecule has 0 aromatic heterocycles. The molecule has 0 radical (unpaired) electrons. The van der Waals surface area contributed by atoms with E-state index in [0.717, 1.165) is 18.4 Å². The summed E-state index contributed by atoms with van der Waals surface area (Å²) < 4.78 is 44.4. The van der Waals surface area contributed by atoms with Crippen LogP contribution in [0.4, 0.5) is 8.78 Å². The molecule has 148 valence electrons. The van der Waals surface area contributed by atoms with Crippen LogP contribution in [0.3, 0.4) is 0 Å². The summed E-state index contributed by atoms with van der Waals surface area (Å²) in [6.07, 6.45) is 4.38. The lowest BCUT2D eigenvalue weighted by Crippen LogP contribution is -2.19. The zero-order valence-corrected chi connectivity index (χ0v) is 16.3. The van der Waals surface area contributed by atoms with Crippen LogP contribution in [0, 0.1) is 5.92 Å². The number of methoxy groups -OCH3 is 1. The van der Waals surface area contributed by atoms with Crippen molar-refractivity contribution in [3.8, 4) is 5.75 Å². The molecule has 1 aliphatic heterocycles. The lowest BCUT2D eigenvalue weighted by Gasteiger charge is -2.27. The third kappa shape index (κ3) is 5.67. The largest absolute Gasteiger partial charge is 0.498 e. The van der Waals surface area contributed by atoms with Crippen molar-refractivity contribution in [2.24, 2.45) is 5.92 Å². The van der Waals surface area contributed by atoms with Gasteiger partial charge in [0.15, 0.2) is 11.7 Å². The summed E-state index contributed by atoms with van der Waals surface area (Å²) in [4.78, 5) is 0. The fraction of sp³-hybridized carbons (Fsp3) is 0.455. The smallest absolute Gasteiger partial charge is 0.196 e. The Kier molecular flexibility index (Phi) is 8.04. The minimum Gasteiger partial charge on any atom is -0.498 e. The van der Waals surface area contributed by atoms with Gasteiger partial charge in [-0.25, -0.2) is 8.78 Å². The van der Waals surface area contributed by atoms with Crippen LogP contribution in [0.15, 0.2) is 59.9 Å². The number of ether oxygens (including phenoxy) is 3. The van der Waals surface area contributed by atoms with Gasteiger partial charge in [-0.05, 0) is 43.9 Å². The molecular formula is C22H28F2O3.